The standard InChI is InChI=1S/C29H39FN2O5/c1-19(2)13-20-14-26(30)27(17-28(20)36-4)31-11-9-24(10-12-31)37-23-7-5-21(6-8-23)32-18-25(35-3)15-22(32)16-29(33)34/h5-8,14,17,19,22,24-25H,9-13,15-16,18H2,1-4H3,(H,33,34)/t22-,25-/m1/s1. The van der Waals surface area contributed by atoms with Gasteiger partial charge in [0.05, 0.1) is 25.3 Å². The Bertz CT molecular complexity index is 1050. The first-order chi connectivity index (χ1) is 17.8. The van der Waals surface area contributed by atoms with Gasteiger partial charge in [-0.25, -0.2) is 4.39 Å². The molecule has 2 saturated heterocycles. The van der Waals surface area contributed by atoms with E-state index in [1.807, 2.05) is 30.3 Å². The van der Waals surface area contributed by atoms with Crippen molar-refractivity contribution in [1.29, 1.82) is 0 Å². The molecule has 2 fully saturated rings. The third kappa shape index (κ3) is 6.66. The highest BCUT2D eigenvalue weighted by Crippen LogP contribution is 2.34. The zero-order chi connectivity index (χ0) is 26.5. The first kappa shape index (κ1) is 27.0. The second kappa shape index (κ2) is 12.0. The van der Waals surface area contributed by atoms with Crippen LogP contribution in [-0.4, -0.2) is 63.2 Å². The third-order valence-electron chi connectivity index (χ3n) is 7.35. The van der Waals surface area contributed by atoms with Crippen LogP contribution in [-0.2, 0) is 16.0 Å². The molecule has 2 aromatic carbocycles. The summed E-state index contributed by atoms with van der Waals surface area (Å²) in [4.78, 5) is 15.5. The molecule has 0 aliphatic carbocycles. The molecule has 1 N–H and O–H groups in total. The molecule has 7 nitrogen and oxygen atoms in total. The molecule has 8 heteroatoms. The van der Waals surface area contributed by atoms with Crippen LogP contribution in [0, 0.1) is 11.7 Å². The van der Waals surface area contributed by atoms with Crippen molar-refractivity contribution in [1.82, 2.24) is 0 Å². The number of hydrogen-bond acceptors (Lipinski definition) is 6. The van der Waals surface area contributed by atoms with E-state index in [0.29, 0.717) is 37.7 Å². The summed E-state index contributed by atoms with van der Waals surface area (Å²) >= 11 is 0. The molecule has 0 saturated carbocycles. The summed E-state index contributed by atoms with van der Waals surface area (Å²) in [6.07, 6.45) is 3.23. The van der Waals surface area contributed by atoms with Crippen LogP contribution in [0.15, 0.2) is 36.4 Å². The monoisotopic (exact) mass is 514 g/mol. The van der Waals surface area contributed by atoms with E-state index in [1.54, 1.807) is 20.3 Å². The number of anilines is 2. The van der Waals surface area contributed by atoms with E-state index in [9.17, 15) is 14.3 Å². The summed E-state index contributed by atoms with van der Waals surface area (Å²) in [6.45, 7) is 6.31. The predicted molar refractivity (Wildman–Crippen MR) is 143 cm³/mol. The minimum Gasteiger partial charge on any atom is -0.496 e. The van der Waals surface area contributed by atoms with Gasteiger partial charge in [-0.2, -0.15) is 0 Å². The van der Waals surface area contributed by atoms with Gasteiger partial charge in [0, 0.05) is 57.4 Å². The molecule has 37 heavy (non-hydrogen) atoms. The topological polar surface area (TPSA) is 71.5 Å². The molecule has 202 valence electrons. The van der Waals surface area contributed by atoms with Crippen LogP contribution in [0.25, 0.3) is 0 Å². The average Bonchev–Trinajstić information content (AvgIpc) is 3.27. The van der Waals surface area contributed by atoms with Gasteiger partial charge < -0.3 is 29.1 Å². The number of halogens is 1. The summed E-state index contributed by atoms with van der Waals surface area (Å²) in [5.74, 6) is 0.937. The Hall–Kier alpha value is -3.00. The van der Waals surface area contributed by atoms with Crippen LogP contribution >= 0.6 is 0 Å². The second-order valence-electron chi connectivity index (χ2n) is 10.5. The average molecular weight is 515 g/mol. The van der Waals surface area contributed by atoms with Gasteiger partial charge in [0.2, 0.25) is 0 Å². The smallest absolute Gasteiger partial charge is 0.305 e. The van der Waals surface area contributed by atoms with Crippen molar-refractivity contribution >= 4 is 17.3 Å². The Kier molecular flexibility index (Phi) is 8.79. The number of carboxylic acids is 1. The molecular weight excluding hydrogens is 475 g/mol. The summed E-state index contributed by atoms with van der Waals surface area (Å²) in [5, 5.41) is 9.28. The lowest BCUT2D eigenvalue weighted by atomic mass is 10.00. The molecule has 0 amide bonds. The number of ether oxygens (including phenoxy) is 3. The van der Waals surface area contributed by atoms with Crippen molar-refractivity contribution in [3.8, 4) is 11.5 Å². The molecule has 0 aromatic heterocycles. The Labute approximate surface area is 219 Å². The molecule has 2 aliphatic rings. The van der Waals surface area contributed by atoms with E-state index in [1.165, 1.54) is 0 Å². The van der Waals surface area contributed by atoms with Crippen molar-refractivity contribution in [3.63, 3.8) is 0 Å². The number of hydrogen-bond donors (Lipinski definition) is 1. The van der Waals surface area contributed by atoms with Gasteiger partial charge in [0.15, 0.2) is 0 Å². The highest BCUT2D eigenvalue weighted by molar-refractivity contribution is 5.69. The molecule has 0 spiro atoms. The molecule has 0 radical (unpaired) electrons. The van der Waals surface area contributed by atoms with Crippen LogP contribution in [0.1, 0.15) is 45.1 Å². The van der Waals surface area contributed by atoms with Crippen molar-refractivity contribution in [3.05, 3.63) is 47.8 Å². The Morgan fingerprint density at radius 2 is 1.81 bits per heavy atom. The lowest BCUT2D eigenvalue weighted by Crippen LogP contribution is -2.38. The van der Waals surface area contributed by atoms with Gasteiger partial charge in [-0.05, 0) is 54.7 Å². The molecule has 2 heterocycles. The van der Waals surface area contributed by atoms with Gasteiger partial charge in [0.25, 0.3) is 0 Å². The normalized spacial score (nSPS) is 20.5. The fourth-order valence-corrected chi connectivity index (χ4v) is 5.49. The van der Waals surface area contributed by atoms with Gasteiger partial charge in [-0.3, -0.25) is 4.79 Å². The fraction of sp³-hybridized carbons (Fsp3) is 0.552. The molecular formula is C29H39FN2O5. The van der Waals surface area contributed by atoms with E-state index in [-0.39, 0.29) is 30.5 Å². The van der Waals surface area contributed by atoms with Crippen LogP contribution < -0.4 is 19.3 Å². The largest absolute Gasteiger partial charge is 0.496 e. The van der Waals surface area contributed by atoms with Gasteiger partial charge >= 0.3 is 5.97 Å². The Morgan fingerprint density at radius 3 is 2.41 bits per heavy atom. The van der Waals surface area contributed by atoms with E-state index in [4.69, 9.17) is 14.2 Å². The highest BCUT2D eigenvalue weighted by atomic mass is 19.1. The first-order valence-corrected chi connectivity index (χ1v) is 13.2. The van der Waals surface area contributed by atoms with Crippen LogP contribution in [0.2, 0.25) is 0 Å². The lowest BCUT2D eigenvalue weighted by Gasteiger charge is -2.34. The minimum absolute atomic E-state index is 0.0293. The maximum Gasteiger partial charge on any atom is 0.305 e. The number of carboxylic acid groups (broad SMARTS) is 1. The summed E-state index contributed by atoms with van der Waals surface area (Å²) < 4.78 is 32.3. The molecule has 4 rings (SSSR count). The summed E-state index contributed by atoms with van der Waals surface area (Å²) in [7, 11) is 3.30. The van der Waals surface area contributed by atoms with E-state index < -0.39 is 5.97 Å². The molecule has 0 unspecified atom stereocenters. The number of carbonyl (C=O) groups is 1. The number of piperidine rings is 1. The van der Waals surface area contributed by atoms with Gasteiger partial charge in [-0.15, -0.1) is 0 Å². The van der Waals surface area contributed by atoms with Crippen molar-refractivity contribution < 1.29 is 28.5 Å². The summed E-state index contributed by atoms with van der Waals surface area (Å²) in [5.41, 5.74) is 2.46. The van der Waals surface area contributed by atoms with Crippen molar-refractivity contribution in [2.24, 2.45) is 5.92 Å². The quantitative estimate of drug-likeness (QED) is 0.470. The number of rotatable bonds is 10. The number of methoxy groups -OCH3 is 2. The number of aliphatic carboxylic acids is 1. The fourth-order valence-electron chi connectivity index (χ4n) is 5.49. The minimum atomic E-state index is -0.803. The van der Waals surface area contributed by atoms with Crippen molar-refractivity contribution in [2.75, 3.05) is 43.7 Å². The van der Waals surface area contributed by atoms with Crippen LogP contribution in [0.5, 0.6) is 11.5 Å². The summed E-state index contributed by atoms with van der Waals surface area (Å²) in [6, 6.07) is 11.2. The van der Waals surface area contributed by atoms with E-state index in [0.717, 1.165) is 42.0 Å². The van der Waals surface area contributed by atoms with Gasteiger partial charge in [-0.1, -0.05) is 13.8 Å². The molecule has 2 atom stereocenters. The van der Waals surface area contributed by atoms with Crippen LogP contribution in [0.3, 0.4) is 0 Å². The first-order valence-electron chi connectivity index (χ1n) is 13.2. The van der Waals surface area contributed by atoms with Crippen LogP contribution in [0.4, 0.5) is 15.8 Å². The maximum atomic E-state index is 15.0. The van der Waals surface area contributed by atoms with Gasteiger partial charge in [0.1, 0.15) is 23.4 Å². The Balaban J connectivity index is 1.35. The SMILES string of the molecule is COc1cc(N2CCC(Oc3ccc(N4C[C@H](OC)C[C@@H]4CC(=O)O)cc3)CC2)c(F)cc1CC(C)C. The number of benzene rings is 2. The molecule has 2 aliphatic heterocycles. The predicted octanol–water partition coefficient (Wildman–Crippen LogP) is 5.15. The zero-order valence-corrected chi connectivity index (χ0v) is 22.3. The second-order valence-corrected chi connectivity index (χ2v) is 10.5. The van der Waals surface area contributed by atoms with E-state index >= 15 is 0 Å². The Morgan fingerprint density at radius 1 is 1.11 bits per heavy atom. The lowest BCUT2D eigenvalue weighted by molar-refractivity contribution is -0.137. The third-order valence-corrected chi connectivity index (χ3v) is 7.35. The highest BCUT2D eigenvalue weighted by Gasteiger charge is 2.33. The zero-order valence-electron chi connectivity index (χ0n) is 22.3. The van der Waals surface area contributed by atoms with E-state index in [2.05, 4.69) is 23.6 Å². The molecule has 0 bridgehead atoms. The number of nitrogens with zero attached hydrogens (tertiary/aromatic N) is 2. The molecule has 2 aromatic rings. The maximum absolute atomic E-state index is 15.0. The van der Waals surface area contributed by atoms with Crippen molar-refractivity contribution in [2.45, 2.75) is 64.2 Å².